The highest BCUT2D eigenvalue weighted by molar-refractivity contribution is 6.31. The number of fused-ring (bicyclic) bond motifs is 1. The standard InChI is InChI=1S/C13H14ClN/c1-2-12-10(8-15)4-3-9-5-6-11(14)7-13(9)12/h3-7H,2,8,15H2,1H3. The number of nitrogens with two attached hydrogens (primary N) is 1. The molecule has 2 heteroatoms. The Labute approximate surface area is 94.9 Å². The van der Waals surface area contributed by atoms with Crippen molar-refractivity contribution in [2.75, 3.05) is 0 Å². The maximum absolute atomic E-state index is 6.01. The lowest BCUT2D eigenvalue weighted by molar-refractivity contribution is 1.01. The second kappa shape index (κ2) is 4.21. The van der Waals surface area contributed by atoms with Gasteiger partial charge in [0, 0.05) is 11.6 Å². The first-order valence-corrected chi connectivity index (χ1v) is 5.54. The summed E-state index contributed by atoms with van der Waals surface area (Å²) in [7, 11) is 0. The van der Waals surface area contributed by atoms with E-state index in [2.05, 4.69) is 25.1 Å². The van der Waals surface area contributed by atoms with Crippen molar-refractivity contribution in [1.82, 2.24) is 0 Å². The molecule has 1 nitrogen and oxygen atoms in total. The Morgan fingerprint density at radius 3 is 2.60 bits per heavy atom. The van der Waals surface area contributed by atoms with Crippen LogP contribution in [-0.4, -0.2) is 0 Å². The van der Waals surface area contributed by atoms with E-state index in [1.54, 1.807) is 0 Å². The molecule has 0 aliphatic heterocycles. The third-order valence-electron chi connectivity index (χ3n) is 2.77. The van der Waals surface area contributed by atoms with Gasteiger partial charge in [0.1, 0.15) is 0 Å². The molecule has 0 amide bonds. The molecule has 2 aromatic carbocycles. The van der Waals surface area contributed by atoms with Gasteiger partial charge in [0.15, 0.2) is 0 Å². The molecule has 15 heavy (non-hydrogen) atoms. The molecule has 0 saturated heterocycles. The Bertz CT molecular complexity index is 491. The molecule has 78 valence electrons. The minimum Gasteiger partial charge on any atom is -0.326 e. The molecule has 2 aromatic rings. The summed E-state index contributed by atoms with van der Waals surface area (Å²) in [6.45, 7) is 2.74. The fourth-order valence-electron chi connectivity index (χ4n) is 2.01. The molecule has 0 unspecified atom stereocenters. The van der Waals surface area contributed by atoms with Crippen LogP contribution in [0.15, 0.2) is 30.3 Å². The summed E-state index contributed by atoms with van der Waals surface area (Å²) in [5.74, 6) is 0. The van der Waals surface area contributed by atoms with Crippen molar-refractivity contribution in [3.8, 4) is 0 Å². The van der Waals surface area contributed by atoms with Crippen LogP contribution in [-0.2, 0) is 13.0 Å². The van der Waals surface area contributed by atoms with E-state index in [-0.39, 0.29) is 0 Å². The Kier molecular flexibility index (Phi) is 2.94. The number of halogens is 1. The highest BCUT2D eigenvalue weighted by Crippen LogP contribution is 2.25. The molecular weight excluding hydrogens is 206 g/mol. The molecule has 0 aliphatic carbocycles. The van der Waals surface area contributed by atoms with E-state index in [4.69, 9.17) is 17.3 Å². The maximum atomic E-state index is 6.01. The largest absolute Gasteiger partial charge is 0.326 e. The highest BCUT2D eigenvalue weighted by Gasteiger charge is 2.05. The Morgan fingerprint density at radius 2 is 1.93 bits per heavy atom. The van der Waals surface area contributed by atoms with Gasteiger partial charge in [0.25, 0.3) is 0 Å². The molecule has 0 saturated carbocycles. The highest BCUT2D eigenvalue weighted by atomic mass is 35.5. The van der Waals surface area contributed by atoms with E-state index in [9.17, 15) is 0 Å². The third-order valence-corrected chi connectivity index (χ3v) is 3.00. The molecule has 0 spiro atoms. The zero-order chi connectivity index (χ0) is 10.8. The van der Waals surface area contributed by atoms with Crippen LogP contribution in [0.3, 0.4) is 0 Å². The van der Waals surface area contributed by atoms with Crippen LogP contribution in [0.4, 0.5) is 0 Å². The van der Waals surface area contributed by atoms with Gasteiger partial charge >= 0.3 is 0 Å². The molecule has 0 heterocycles. The average molecular weight is 220 g/mol. The summed E-state index contributed by atoms with van der Waals surface area (Å²) in [4.78, 5) is 0. The minimum atomic E-state index is 0.589. The van der Waals surface area contributed by atoms with E-state index in [1.807, 2.05) is 12.1 Å². The van der Waals surface area contributed by atoms with Gasteiger partial charge in [-0.15, -0.1) is 0 Å². The molecule has 0 radical (unpaired) electrons. The summed E-state index contributed by atoms with van der Waals surface area (Å²) >= 11 is 6.01. The van der Waals surface area contributed by atoms with Crippen LogP contribution in [0.5, 0.6) is 0 Å². The van der Waals surface area contributed by atoms with Gasteiger partial charge in [0.05, 0.1) is 0 Å². The van der Waals surface area contributed by atoms with Crippen molar-refractivity contribution in [3.63, 3.8) is 0 Å². The quantitative estimate of drug-likeness (QED) is 0.822. The summed E-state index contributed by atoms with van der Waals surface area (Å²) in [6.07, 6.45) is 0.990. The van der Waals surface area contributed by atoms with Gasteiger partial charge in [-0.05, 0) is 40.5 Å². The van der Waals surface area contributed by atoms with Gasteiger partial charge in [0.2, 0.25) is 0 Å². The van der Waals surface area contributed by atoms with E-state index < -0.39 is 0 Å². The van der Waals surface area contributed by atoms with Crippen LogP contribution in [0.2, 0.25) is 5.02 Å². The number of benzene rings is 2. The third kappa shape index (κ3) is 1.85. The first kappa shape index (κ1) is 10.5. The van der Waals surface area contributed by atoms with Crippen molar-refractivity contribution >= 4 is 22.4 Å². The zero-order valence-electron chi connectivity index (χ0n) is 8.76. The van der Waals surface area contributed by atoms with E-state index in [1.165, 1.54) is 21.9 Å². The lowest BCUT2D eigenvalue weighted by Gasteiger charge is -2.10. The fourth-order valence-corrected chi connectivity index (χ4v) is 2.18. The first-order chi connectivity index (χ1) is 7.26. The molecule has 0 atom stereocenters. The lowest BCUT2D eigenvalue weighted by atomic mass is 9.97. The van der Waals surface area contributed by atoms with Gasteiger partial charge < -0.3 is 5.73 Å². The van der Waals surface area contributed by atoms with E-state index in [0.29, 0.717) is 6.54 Å². The molecular formula is C13H14ClN. The van der Waals surface area contributed by atoms with Crippen LogP contribution in [0, 0.1) is 0 Å². The lowest BCUT2D eigenvalue weighted by Crippen LogP contribution is -2.01. The summed E-state index contributed by atoms with van der Waals surface area (Å²) in [5, 5.41) is 3.24. The number of hydrogen-bond acceptors (Lipinski definition) is 1. The monoisotopic (exact) mass is 219 g/mol. The molecule has 2 N–H and O–H groups in total. The van der Waals surface area contributed by atoms with Crippen molar-refractivity contribution in [3.05, 3.63) is 46.5 Å². The molecule has 0 aromatic heterocycles. The van der Waals surface area contributed by atoms with Crippen molar-refractivity contribution in [1.29, 1.82) is 0 Å². The number of rotatable bonds is 2. The van der Waals surface area contributed by atoms with Crippen molar-refractivity contribution < 1.29 is 0 Å². The van der Waals surface area contributed by atoms with E-state index >= 15 is 0 Å². The maximum Gasteiger partial charge on any atom is 0.0412 e. The molecule has 0 bridgehead atoms. The minimum absolute atomic E-state index is 0.589. The normalized spacial score (nSPS) is 10.9. The van der Waals surface area contributed by atoms with Crippen LogP contribution in [0.1, 0.15) is 18.1 Å². The van der Waals surface area contributed by atoms with Crippen molar-refractivity contribution in [2.45, 2.75) is 19.9 Å². The van der Waals surface area contributed by atoms with Gasteiger partial charge in [-0.25, -0.2) is 0 Å². The second-order valence-corrected chi connectivity index (χ2v) is 4.06. The Hall–Kier alpha value is -1.05. The SMILES string of the molecule is CCc1c(CN)ccc2ccc(Cl)cc12. The second-order valence-electron chi connectivity index (χ2n) is 3.63. The van der Waals surface area contributed by atoms with Gasteiger partial charge in [-0.1, -0.05) is 36.7 Å². The summed E-state index contributed by atoms with van der Waals surface area (Å²) in [5.41, 5.74) is 8.25. The van der Waals surface area contributed by atoms with Gasteiger partial charge in [-0.2, -0.15) is 0 Å². The number of aryl methyl sites for hydroxylation is 1. The zero-order valence-corrected chi connectivity index (χ0v) is 9.51. The fraction of sp³-hybridized carbons (Fsp3) is 0.231. The van der Waals surface area contributed by atoms with Crippen LogP contribution >= 0.6 is 11.6 Å². The van der Waals surface area contributed by atoms with Crippen molar-refractivity contribution in [2.24, 2.45) is 5.73 Å². The number of hydrogen-bond donors (Lipinski definition) is 1. The Morgan fingerprint density at radius 1 is 1.20 bits per heavy atom. The molecule has 0 fully saturated rings. The predicted octanol–water partition coefficient (Wildman–Crippen LogP) is 3.51. The first-order valence-electron chi connectivity index (χ1n) is 5.16. The summed E-state index contributed by atoms with van der Waals surface area (Å²) in [6, 6.07) is 10.2. The van der Waals surface area contributed by atoms with Crippen LogP contribution in [0.25, 0.3) is 10.8 Å². The molecule has 2 rings (SSSR count). The topological polar surface area (TPSA) is 26.0 Å². The van der Waals surface area contributed by atoms with E-state index in [0.717, 1.165) is 11.4 Å². The molecule has 0 aliphatic rings. The summed E-state index contributed by atoms with van der Waals surface area (Å²) < 4.78 is 0. The Balaban J connectivity index is 2.79. The van der Waals surface area contributed by atoms with Gasteiger partial charge in [-0.3, -0.25) is 0 Å². The van der Waals surface area contributed by atoms with Crippen LogP contribution < -0.4 is 5.73 Å². The average Bonchev–Trinajstić information content (AvgIpc) is 2.27. The predicted molar refractivity (Wildman–Crippen MR) is 66.2 cm³/mol. The smallest absolute Gasteiger partial charge is 0.0412 e.